The lowest BCUT2D eigenvalue weighted by molar-refractivity contribution is -0.128. The maximum absolute atomic E-state index is 13.1. The van der Waals surface area contributed by atoms with Crippen LogP contribution in [0.3, 0.4) is 0 Å². The van der Waals surface area contributed by atoms with Gasteiger partial charge in [0.05, 0.1) is 13.2 Å². The van der Waals surface area contributed by atoms with Crippen molar-refractivity contribution in [2.45, 2.75) is 64.5 Å². The van der Waals surface area contributed by atoms with Crippen LogP contribution in [0, 0.1) is 17.8 Å². The van der Waals surface area contributed by atoms with E-state index in [-0.39, 0.29) is 36.8 Å². The second-order valence-corrected chi connectivity index (χ2v) is 10.8. The van der Waals surface area contributed by atoms with Crippen molar-refractivity contribution in [3.8, 4) is 0 Å². The quantitative estimate of drug-likeness (QED) is 0.545. The predicted molar refractivity (Wildman–Crippen MR) is 105 cm³/mol. The highest BCUT2D eigenvalue weighted by Gasteiger charge is 2.53. The van der Waals surface area contributed by atoms with Gasteiger partial charge in [0.15, 0.2) is 0 Å². The summed E-state index contributed by atoms with van der Waals surface area (Å²) in [6.07, 6.45) is 5.29. The molecular weight excluding hydrogens is 387 g/mol. The van der Waals surface area contributed by atoms with Gasteiger partial charge in [0, 0.05) is 28.9 Å². The molecule has 2 unspecified atom stereocenters. The van der Waals surface area contributed by atoms with Gasteiger partial charge in [0.2, 0.25) is 0 Å². The van der Waals surface area contributed by atoms with E-state index < -0.39 is 23.9 Å². The van der Waals surface area contributed by atoms with Gasteiger partial charge in [-0.2, -0.15) is 0 Å². The van der Waals surface area contributed by atoms with Crippen molar-refractivity contribution in [1.82, 2.24) is 0 Å². The fourth-order valence-electron chi connectivity index (χ4n) is 5.04. The van der Waals surface area contributed by atoms with Gasteiger partial charge in [0.1, 0.15) is 16.8 Å². The predicted octanol–water partition coefficient (Wildman–Crippen LogP) is 4.37. The molecule has 0 aliphatic heterocycles. The summed E-state index contributed by atoms with van der Waals surface area (Å²) < 4.78 is 42.8. The van der Waals surface area contributed by atoms with E-state index in [0.29, 0.717) is 17.9 Å². The number of hydrogen-bond acceptors (Lipinski definition) is 6. The van der Waals surface area contributed by atoms with Crippen LogP contribution in [0.15, 0.2) is 11.3 Å². The van der Waals surface area contributed by atoms with E-state index in [0.717, 1.165) is 37.7 Å². The molecule has 2 saturated carbocycles. The van der Waals surface area contributed by atoms with Crippen molar-refractivity contribution in [1.29, 1.82) is 0 Å². The van der Waals surface area contributed by atoms with Gasteiger partial charge in [-0.1, -0.05) is 6.92 Å². The highest BCUT2D eigenvalue weighted by atomic mass is 32.2. The van der Waals surface area contributed by atoms with Crippen LogP contribution in [0.4, 0.5) is 0 Å². The number of carbonyl (C=O) groups is 1. The number of rotatable bonds is 8. The van der Waals surface area contributed by atoms with Crippen LogP contribution in [-0.4, -0.2) is 34.2 Å². The van der Waals surface area contributed by atoms with Crippen LogP contribution in [-0.2, 0) is 33.7 Å². The van der Waals surface area contributed by atoms with Gasteiger partial charge in [-0.15, -0.1) is 0 Å². The number of fused-ring (bicyclic) bond motifs is 3. The van der Waals surface area contributed by atoms with Crippen LogP contribution in [0.5, 0.6) is 0 Å². The zero-order chi connectivity index (χ0) is 19.6. The molecule has 154 valence electrons. The molecule has 0 amide bonds. The Morgan fingerprint density at radius 1 is 1.07 bits per heavy atom. The van der Waals surface area contributed by atoms with E-state index >= 15 is 0 Å². The number of phosphoric acid groups is 1. The van der Waals surface area contributed by atoms with Crippen molar-refractivity contribution >= 4 is 24.4 Å². The number of phosphoric ester groups is 1. The van der Waals surface area contributed by atoms with Gasteiger partial charge < -0.3 is 4.52 Å². The maximum Gasteiger partial charge on any atom is 0.529 e. The van der Waals surface area contributed by atoms with Gasteiger partial charge in [-0.05, 0) is 63.4 Å². The van der Waals surface area contributed by atoms with Gasteiger partial charge in [-0.3, -0.25) is 18.1 Å². The molecule has 8 heteroatoms. The molecule has 27 heavy (non-hydrogen) atoms. The van der Waals surface area contributed by atoms with E-state index in [1.54, 1.807) is 13.8 Å². The first kappa shape index (κ1) is 21.2. The van der Waals surface area contributed by atoms with Crippen molar-refractivity contribution in [2.24, 2.45) is 17.8 Å². The molecular formula is C19H31O6PS. The minimum absolute atomic E-state index is 0.174. The second-order valence-electron chi connectivity index (χ2n) is 7.40. The molecule has 0 aromatic rings. The Kier molecular flexibility index (Phi) is 6.99. The number of ketones is 1. The summed E-state index contributed by atoms with van der Waals surface area (Å²) in [4.78, 5) is 12.9. The van der Waals surface area contributed by atoms with Crippen molar-refractivity contribution < 1.29 is 27.1 Å². The molecule has 3 aliphatic rings. The number of hydrogen-bond donors (Lipinski definition) is 0. The first-order valence-corrected chi connectivity index (χ1v) is 13.0. The van der Waals surface area contributed by atoms with E-state index in [1.165, 1.54) is 0 Å². The van der Waals surface area contributed by atoms with E-state index in [1.807, 2.05) is 6.92 Å². The Morgan fingerprint density at radius 2 is 1.74 bits per heavy atom. The third-order valence-corrected chi connectivity index (χ3v) is 9.18. The summed E-state index contributed by atoms with van der Waals surface area (Å²) in [6.45, 7) is 5.70. The van der Waals surface area contributed by atoms with Crippen LogP contribution in [0.1, 0.15) is 59.3 Å². The molecule has 0 spiro atoms. The van der Waals surface area contributed by atoms with Crippen molar-refractivity contribution in [3.05, 3.63) is 11.3 Å². The second kappa shape index (κ2) is 8.89. The van der Waals surface area contributed by atoms with Crippen LogP contribution < -0.4 is 0 Å². The maximum atomic E-state index is 13.1. The van der Waals surface area contributed by atoms with Crippen LogP contribution in [0.25, 0.3) is 0 Å². The third kappa shape index (κ3) is 4.12. The zero-order valence-corrected chi connectivity index (χ0v) is 18.2. The molecule has 3 aliphatic carbocycles. The summed E-state index contributed by atoms with van der Waals surface area (Å²) in [7, 11) is -5.07. The Labute approximate surface area is 164 Å². The van der Waals surface area contributed by atoms with Crippen molar-refractivity contribution in [2.75, 3.05) is 19.0 Å². The minimum atomic E-state index is -3.80. The fourth-order valence-corrected chi connectivity index (χ4v) is 7.87. The average molecular weight is 418 g/mol. The number of allylic oxidation sites excluding steroid dienone is 1. The highest BCUT2D eigenvalue weighted by molar-refractivity contribution is 7.85. The topological polar surface area (TPSA) is 78.9 Å². The fraction of sp³-hybridized carbons (Fsp3) is 0.842. The summed E-state index contributed by atoms with van der Waals surface area (Å²) in [5.41, 5.74) is 1.09. The molecule has 0 N–H and O–H groups in total. The molecule has 5 atom stereocenters. The van der Waals surface area contributed by atoms with Gasteiger partial charge in [0.25, 0.3) is 0 Å². The SMILES string of the molecule is CCOP(=O)(OCC)OC1=C2CCC[C@@H]2C2CCCC(=O)[C@@H]2[C@@H]1S(=O)CC. The Balaban J connectivity index is 2.07. The lowest BCUT2D eigenvalue weighted by Gasteiger charge is -2.44. The van der Waals surface area contributed by atoms with Crippen molar-refractivity contribution in [3.63, 3.8) is 0 Å². The Morgan fingerprint density at radius 3 is 2.37 bits per heavy atom. The van der Waals surface area contributed by atoms with E-state index in [9.17, 15) is 13.6 Å². The lowest BCUT2D eigenvalue weighted by Crippen LogP contribution is -2.48. The molecule has 0 bridgehead atoms. The monoisotopic (exact) mass is 418 g/mol. The largest absolute Gasteiger partial charge is 0.529 e. The third-order valence-electron chi connectivity index (χ3n) is 5.97. The summed E-state index contributed by atoms with van der Waals surface area (Å²) in [5.74, 6) is 1.26. The molecule has 0 saturated heterocycles. The van der Waals surface area contributed by atoms with Crippen LogP contribution >= 0.6 is 7.82 Å². The normalized spacial score (nSPS) is 32.2. The standard InChI is InChI=1S/C19H31O6PS/c1-4-23-26(21,24-5-2)25-18-15-11-7-9-13(15)14-10-8-12-16(20)17(14)19(18)27(22)6-3/h13-14,17,19H,4-12H2,1-3H3/t13-,14?,17-,19+,27?/m1/s1. The molecule has 2 fully saturated rings. The molecule has 0 radical (unpaired) electrons. The van der Waals surface area contributed by atoms with E-state index in [4.69, 9.17) is 13.6 Å². The molecule has 0 aromatic carbocycles. The molecule has 6 nitrogen and oxygen atoms in total. The molecule has 0 heterocycles. The summed E-state index contributed by atoms with van der Waals surface area (Å²) >= 11 is 0. The summed E-state index contributed by atoms with van der Waals surface area (Å²) in [5, 5.41) is -0.536. The minimum Gasteiger partial charge on any atom is -0.407 e. The summed E-state index contributed by atoms with van der Waals surface area (Å²) in [6, 6.07) is 0. The number of Topliss-reactive ketones (excluding diaryl/α,β-unsaturated/α-hetero) is 1. The van der Waals surface area contributed by atoms with Gasteiger partial charge in [-0.25, -0.2) is 4.57 Å². The zero-order valence-electron chi connectivity index (χ0n) is 16.5. The Hall–Kier alpha value is -0.490. The first-order valence-electron chi connectivity index (χ1n) is 10.2. The van der Waals surface area contributed by atoms with Crippen LogP contribution in [0.2, 0.25) is 0 Å². The average Bonchev–Trinajstić information content (AvgIpc) is 3.12. The molecule has 3 rings (SSSR count). The highest BCUT2D eigenvalue weighted by Crippen LogP contribution is 2.58. The first-order chi connectivity index (χ1) is 13.0. The lowest BCUT2D eigenvalue weighted by atomic mass is 9.65. The van der Waals surface area contributed by atoms with Gasteiger partial charge >= 0.3 is 7.82 Å². The number of carbonyl (C=O) groups excluding carboxylic acids is 1. The smallest absolute Gasteiger partial charge is 0.407 e. The molecule has 0 aromatic heterocycles. The van der Waals surface area contributed by atoms with E-state index in [2.05, 4.69) is 0 Å². The Bertz CT molecular complexity index is 665.